The van der Waals surface area contributed by atoms with Gasteiger partial charge in [-0.05, 0) is 43.9 Å². The molecule has 0 bridgehead atoms. The number of alkyl halides is 1. The number of hydrogen-bond donors (Lipinski definition) is 0. The topological polar surface area (TPSA) is 43.4 Å². The molecule has 0 aromatic carbocycles. The smallest absolute Gasteiger partial charge is 0.321 e. The van der Waals surface area contributed by atoms with E-state index < -0.39 is 5.97 Å². The van der Waals surface area contributed by atoms with Crippen LogP contribution in [0, 0.1) is 11.3 Å². The van der Waals surface area contributed by atoms with Crippen LogP contribution in [0.15, 0.2) is 33.9 Å². The largest absolute Gasteiger partial charge is 0.460 e. The number of rotatable bonds is 3. The lowest BCUT2D eigenvalue weighted by molar-refractivity contribution is -0.139. The summed E-state index contributed by atoms with van der Waals surface area (Å²) in [4.78, 5) is 23.9. The summed E-state index contributed by atoms with van der Waals surface area (Å²) in [5, 5.41) is 0. The summed E-state index contributed by atoms with van der Waals surface area (Å²) in [6.45, 7) is 6.33. The Balaban J connectivity index is 1.98. The second-order valence-corrected chi connectivity index (χ2v) is 6.52. The maximum absolute atomic E-state index is 12.6. The van der Waals surface area contributed by atoms with Gasteiger partial charge in [0.25, 0.3) is 0 Å². The number of allylic oxidation sites excluding steroid dienone is 4. The Morgan fingerprint density at radius 1 is 1.43 bits per heavy atom. The molecule has 0 saturated heterocycles. The average molecular weight is 307 g/mol. The standard InChI is InChI=1S/C17H19ClO3/c1-9-6-12-15(13(9)8-21-14(19)7-18)10(2)17(4-5-17)11(3)16(12)20/h6,11H,4-5,7-8H2,1-3H3/t11-/m1/s1. The number of halogens is 1. The number of carbonyl (C=O) groups excluding carboxylic acids is 2. The van der Waals surface area contributed by atoms with Crippen LogP contribution < -0.4 is 0 Å². The van der Waals surface area contributed by atoms with E-state index in [0.29, 0.717) is 0 Å². The molecule has 0 aliphatic heterocycles. The van der Waals surface area contributed by atoms with Crippen LogP contribution in [0.2, 0.25) is 0 Å². The maximum Gasteiger partial charge on any atom is 0.321 e. The lowest BCUT2D eigenvalue weighted by atomic mass is 9.70. The molecule has 1 saturated carbocycles. The van der Waals surface area contributed by atoms with Gasteiger partial charge < -0.3 is 4.74 Å². The first-order valence-corrected chi connectivity index (χ1v) is 7.85. The van der Waals surface area contributed by atoms with Crippen molar-refractivity contribution < 1.29 is 14.3 Å². The van der Waals surface area contributed by atoms with Crippen LogP contribution >= 0.6 is 11.6 Å². The van der Waals surface area contributed by atoms with Crippen molar-refractivity contribution in [3.05, 3.63) is 33.9 Å². The molecule has 1 atom stereocenters. The first kappa shape index (κ1) is 14.6. The van der Waals surface area contributed by atoms with E-state index in [4.69, 9.17) is 16.3 Å². The van der Waals surface area contributed by atoms with Crippen molar-refractivity contribution in [2.24, 2.45) is 11.3 Å². The van der Waals surface area contributed by atoms with Crippen molar-refractivity contribution in [1.29, 1.82) is 0 Å². The Kier molecular flexibility index (Phi) is 3.36. The highest BCUT2D eigenvalue weighted by atomic mass is 35.5. The highest BCUT2D eigenvalue weighted by Gasteiger charge is 2.56. The van der Waals surface area contributed by atoms with Gasteiger partial charge in [-0.3, -0.25) is 9.59 Å². The molecule has 0 unspecified atom stereocenters. The molecule has 1 fully saturated rings. The Morgan fingerprint density at radius 2 is 2.10 bits per heavy atom. The number of hydrogen-bond acceptors (Lipinski definition) is 3. The van der Waals surface area contributed by atoms with Gasteiger partial charge >= 0.3 is 5.97 Å². The number of fused-ring (bicyclic) bond motifs is 1. The molecule has 0 aromatic rings. The Labute approximate surface area is 129 Å². The Hall–Kier alpha value is -1.35. The Bertz CT molecular complexity index is 632. The molecule has 112 valence electrons. The van der Waals surface area contributed by atoms with Gasteiger partial charge in [0, 0.05) is 22.5 Å². The molecule has 4 heteroatoms. The second kappa shape index (κ2) is 4.84. The van der Waals surface area contributed by atoms with Crippen LogP contribution in [0.5, 0.6) is 0 Å². The minimum Gasteiger partial charge on any atom is -0.460 e. The Morgan fingerprint density at radius 3 is 2.67 bits per heavy atom. The zero-order valence-corrected chi connectivity index (χ0v) is 13.3. The zero-order valence-electron chi connectivity index (χ0n) is 12.6. The molecule has 3 aliphatic carbocycles. The van der Waals surface area contributed by atoms with Crippen molar-refractivity contribution in [3.8, 4) is 0 Å². The van der Waals surface area contributed by atoms with Crippen LogP contribution in [0.3, 0.4) is 0 Å². The van der Waals surface area contributed by atoms with Crippen LogP contribution in [0.4, 0.5) is 0 Å². The van der Waals surface area contributed by atoms with Gasteiger partial charge in [0.05, 0.1) is 0 Å². The van der Waals surface area contributed by atoms with E-state index in [9.17, 15) is 9.59 Å². The fourth-order valence-corrected chi connectivity index (χ4v) is 3.81. The van der Waals surface area contributed by atoms with Crippen LogP contribution in [0.1, 0.15) is 33.6 Å². The quantitative estimate of drug-likeness (QED) is 0.593. The number of ether oxygens (including phenoxy) is 1. The first-order chi connectivity index (χ1) is 9.92. The van der Waals surface area contributed by atoms with Gasteiger partial charge in [-0.15, -0.1) is 11.6 Å². The van der Waals surface area contributed by atoms with Crippen molar-refractivity contribution in [3.63, 3.8) is 0 Å². The predicted octanol–water partition coefficient (Wildman–Crippen LogP) is 3.34. The minimum atomic E-state index is -0.430. The molecule has 0 heterocycles. The van der Waals surface area contributed by atoms with E-state index in [1.165, 1.54) is 5.57 Å². The molecule has 3 rings (SSSR count). The van der Waals surface area contributed by atoms with Crippen molar-refractivity contribution in [2.45, 2.75) is 33.6 Å². The predicted molar refractivity (Wildman–Crippen MR) is 81.0 cm³/mol. The number of carbonyl (C=O) groups is 2. The first-order valence-electron chi connectivity index (χ1n) is 7.31. The number of Topliss-reactive ketones (excluding diaryl/α,β-unsaturated/α-hetero) is 1. The summed E-state index contributed by atoms with van der Waals surface area (Å²) >= 11 is 5.47. The summed E-state index contributed by atoms with van der Waals surface area (Å²) in [6.07, 6.45) is 4.10. The average Bonchev–Trinajstić information content (AvgIpc) is 3.20. The molecular weight excluding hydrogens is 288 g/mol. The molecule has 0 N–H and O–H groups in total. The number of esters is 1. The fraction of sp³-hybridized carbons (Fsp3) is 0.529. The van der Waals surface area contributed by atoms with Gasteiger partial charge in [-0.1, -0.05) is 12.5 Å². The summed E-state index contributed by atoms with van der Waals surface area (Å²) in [5.74, 6) is -0.290. The van der Waals surface area contributed by atoms with E-state index in [2.05, 4.69) is 6.92 Å². The third kappa shape index (κ3) is 2.02. The zero-order chi connectivity index (χ0) is 15.4. The van der Waals surface area contributed by atoms with Crippen LogP contribution in [-0.4, -0.2) is 24.2 Å². The van der Waals surface area contributed by atoms with Crippen molar-refractivity contribution in [1.82, 2.24) is 0 Å². The molecular formula is C17H19ClO3. The monoisotopic (exact) mass is 306 g/mol. The lowest BCUT2D eigenvalue weighted by Gasteiger charge is -2.32. The van der Waals surface area contributed by atoms with Crippen LogP contribution in [0.25, 0.3) is 0 Å². The van der Waals surface area contributed by atoms with E-state index in [1.807, 2.05) is 19.9 Å². The van der Waals surface area contributed by atoms with Crippen molar-refractivity contribution in [2.75, 3.05) is 12.5 Å². The van der Waals surface area contributed by atoms with Gasteiger partial charge in [-0.2, -0.15) is 0 Å². The molecule has 0 amide bonds. The van der Waals surface area contributed by atoms with Crippen LogP contribution in [-0.2, 0) is 14.3 Å². The molecule has 21 heavy (non-hydrogen) atoms. The summed E-state index contributed by atoms with van der Waals surface area (Å²) in [7, 11) is 0. The van der Waals surface area contributed by atoms with Gasteiger partial charge in [-0.25, -0.2) is 0 Å². The fourth-order valence-electron chi connectivity index (χ4n) is 3.74. The van der Waals surface area contributed by atoms with E-state index in [0.717, 1.165) is 35.1 Å². The summed E-state index contributed by atoms with van der Waals surface area (Å²) in [6, 6.07) is 0. The van der Waals surface area contributed by atoms with Gasteiger partial charge in [0.2, 0.25) is 0 Å². The molecule has 0 radical (unpaired) electrons. The maximum atomic E-state index is 12.6. The summed E-state index contributed by atoms with van der Waals surface area (Å²) in [5.41, 5.74) is 5.14. The molecule has 3 nitrogen and oxygen atoms in total. The third-order valence-corrected chi connectivity index (χ3v) is 5.51. The highest BCUT2D eigenvalue weighted by Crippen LogP contribution is 2.63. The van der Waals surface area contributed by atoms with Gasteiger partial charge in [0.15, 0.2) is 5.78 Å². The second-order valence-electron chi connectivity index (χ2n) is 6.26. The van der Waals surface area contributed by atoms with Crippen molar-refractivity contribution >= 4 is 23.4 Å². The number of ketones is 1. The van der Waals surface area contributed by atoms with E-state index >= 15 is 0 Å². The van der Waals surface area contributed by atoms with E-state index in [-0.39, 0.29) is 29.6 Å². The summed E-state index contributed by atoms with van der Waals surface area (Å²) < 4.78 is 5.19. The van der Waals surface area contributed by atoms with Gasteiger partial charge in [0.1, 0.15) is 12.5 Å². The molecule has 3 aliphatic rings. The minimum absolute atomic E-state index is 0.0517. The van der Waals surface area contributed by atoms with E-state index in [1.54, 1.807) is 0 Å². The normalized spacial score (nSPS) is 26.2. The highest BCUT2D eigenvalue weighted by molar-refractivity contribution is 6.26. The molecule has 1 spiro atoms. The molecule has 0 aromatic heterocycles. The SMILES string of the molecule is CC1=C(COC(=O)CCl)C2=C(C)C3(CC3)[C@H](C)C(=O)C2=C1. The third-order valence-electron chi connectivity index (χ3n) is 5.29. The lowest BCUT2D eigenvalue weighted by Crippen LogP contribution is -2.31.